The van der Waals surface area contributed by atoms with Crippen LogP contribution in [0.1, 0.15) is 68.7 Å². The molecule has 1 aliphatic heterocycles. The van der Waals surface area contributed by atoms with Crippen LogP contribution < -0.4 is 14.2 Å². The molecule has 7 nitrogen and oxygen atoms in total. The van der Waals surface area contributed by atoms with Crippen molar-refractivity contribution in [3.63, 3.8) is 0 Å². The summed E-state index contributed by atoms with van der Waals surface area (Å²) in [5.41, 5.74) is 5.84. The van der Waals surface area contributed by atoms with Crippen LogP contribution in [-0.4, -0.2) is 40.6 Å². The lowest BCUT2D eigenvalue weighted by Crippen LogP contribution is -2.33. The lowest BCUT2D eigenvalue weighted by Gasteiger charge is -2.29. The molecule has 0 N–H and O–H groups in total. The van der Waals surface area contributed by atoms with Crippen LogP contribution in [0.3, 0.4) is 0 Å². The molecule has 4 aromatic carbocycles. The van der Waals surface area contributed by atoms with Crippen molar-refractivity contribution in [3.8, 4) is 17.2 Å². The number of aryl methyl sites for hydroxylation is 1. The molecule has 5 rings (SSSR count). The van der Waals surface area contributed by atoms with Gasteiger partial charge >= 0.3 is 0 Å². The van der Waals surface area contributed by atoms with Gasteiger partial charge in [0, 0.05) is 5.41 Å². The van der Waals surface area contributed by atoms with Crippen molar-refractivity contribution in [1.29, 1.82) is 0 Å². The van der Waals surface area contributed by atoms with Crippen molar-refractivity contribution >= 4 is 21.5 Å². The summed E-state index contributed by atoms with van der Waals surface area (Å²) in [5, 5.41) is 0. The first kappa shape index (κ1) is 34.2. The highest BCUT2D eigenvalue weighted by Gasteiger charge is 2.40. The first-order chi connectivity index (χ1) is 22.7. The fourth-order valence-corrected chi connectivity index (χ4v) is 6.54. The van der Waals surface area contributed by atoms with Crippen molar-refractivity contribution in [3.05, 3.63) is 113 Å². The van der Waals surface area contributed by atoms with Crippen LogP contribution in [0.2, 0.25) is 0 Å². The molecule has 4 aromatic rings. The van der Waals surface area contributed by atoms with Crippen molar-refractivity contribution in [2.45, 2.75) is 70.1 Å². The molecule has 0 fully saturated rings. The summed E-state index contributed by atoms with van der Waals surface area (Å²) in [4.78, 5) is 5.29. The largest absolute Gasteiger partial charge is 0.494 e. The Morgan fingerprint density at radius 2 is 1.26 bits per heavy atom. The SMILES string of the molecule is CCCCOc1ccc(C2=Nc3ccc(OCCCC)cc3C2(C)Cc2ccc(OCCOS(=O)(=O)c3ccc(C)cc3)cc2)cc1. The Kier molecular flexibility index (Phi) is 11.4. The number of benzene rings is 4. The normalized spacial score (nSPS) is 15.6. The van der Waals surface area contributed by atoms with Gasteiger partial charge in [-0.2, -0.15) is 8.42 Å². The molecule has 47 heavy (non-hydrogen) atoms. The molecule has 0 radical (unpaired) electrons. The third kappa shape index (κ3) is 8.62. The number of nitrogens with zero attached hydrogens (tertiary/aromatic N) is 1. The van der Waals surface area contributed by atoms with E-state index in [1.54, 1.807) is 24.3 Å². The second-order valence-corrected chi connectivity index (χ2v) is 13.8. The van der Waals surface area contributed by atoms with E-state index in [0.29, 0.717) is 25.4 Å². The minimum Gasteiger partial charge on any atom is -0.494 e. The van der Waals surface area contributed by atoms with Gasteiger partial charge in [-0.15, -0.1) is 0 Å². The summed E-state index contributed by atoms with van der Waals surface area (Å²) in [6, 6.07) is 28.9. The van der Waals surface area contributed by atoms with Gasteiger partial charge in [-0.3, -0.25) is 9.18 Å². The Balaban J connectivity index is 1.29. The average Bonchev–Trinajstić information content (AvgIpc) is 3.35. The second-order valence-electron chi connectivity index (χ2n) is 12.2. The molecule has 0 amide bonds. The van der Waals surface area contributed by atoms with E-state index in [1.807, 2.05) is 49.4 Å². The van der Waals surface area contributed by atoms with Gasteiger partial charge in [0.15, 0.2) is 0 Å². The molecule has 1 heterocycles. The topological polar surface area (TPSA) is 83.4 Å². The second kappa shape index (κ2) is 15.6. The Bertz CT molecular complexity index is 1750. The predicted molar refractivity (Wildman–Crippen MR) is 187 cm³/mol. The van der Waals surface area contributed by atoms with Crippen LogP contribution in [0.15, 0.2) is 101 Å². The van der Waals surface area contributed by atoms with Crippen molar-refractivity contribution in [2.24, 2.45) is 4.99 Å². The third-order valence-corrected chi connectivity index (χ3v) is 9.69. The van der Waals surface area contributed by atoms with Crippen molar-refractivity contribution in [2.75, 3.05) is 26.4 Å². The third-order valence-electron chi connectivity index (χ3n) is 8.36. The first-order valence-electron chi connectivity index (χ1n) is 16.5. The predicted octanol–water partition coefficient (Wildman–Crippen LogP) is 8.77. The summed E-state index contributed by atoms with van der Waals surface area (Å²) in [5.74, 6) is 2.36. The van der Waals surface area contributed by atoms with Crippen LogP contribution in [0.25, 0.3) is 0 Å². The molecular weight excluding hydrogens is 610 g/mol. The van der Waals surface area contributed by atoms with Gasteiger partial charge in [-0.1, -0.05) is 56.5 Å². The van der Waals surface area contributed by atoms with E-state index in [1.165, 1.54) is 0 Å². The van der Waals surface area contributed by atoms with Crippen LogP contribution >= 0.6 is 0 Å². The minimum absolute atomic E-state index is 0.0856. The van der Waals surface area contributed by atoms with Crippen LogP contribution in [-0.2, 0) is 26.1 Å². The summed E-state index contributed by atoms with van der Waals surface area (Å²) >= 11 is 0. The van der Waals surface area contributed by atoms with Crippen molar-refractivity contribution < 1.29 is 26.8 Å². The number of hydrogen-bond donors (Lipinski definition) is 0. The van der Waals surface area contributed by atoms with Gasteiger partial charge in [0.2, 0.25) is 0 Å². The number of ether oxygens (including phenoxy) is 3. The summed E-state index contributed by atoms with van der Waals surface area (Å²) in [7, 11) is -3.84. The van der Waals surface area contributed by atoms with Gasteiger partial charge in [0.25, 0.3) is 10.1 Å². The summed E-state index contributed by atoms with van der Waals surface area (Å²) in [6.07, 6.45) is 4.91. The van der Waals surface area contributed by atoms with Gasteiger partial charge < -0.3 is 14.2 Å². The number of aliphatic imine (C=N–C) groups is 1. The zero-order chi connectivity index (χ0) is 33.3. The molecule has 8 heteroatoms. The lowest BCUT2D eigenvalue weighted by molar-refractivity contribution is 0.221. The van der Waals surface area contributed by atoms with E-state index >= 15 is 0 Å². The molecule has 0 spiro atoms. The molecule has 0 aliphatic carbocycles. The molecule has 1 aliphatic rings. The Morgan fingerprint density at radius 3 is 1.89 bits per heavy atom. The molecule has 1 atom stereocenters. The van der Waals surface area contributed by atoms with E-state index in [4.69, 9.17) is 23.4 Å². The monoisotopic (exact) mass is 655 g/mol. The standard InChI is InChI=1S/C39H45NO6S/c1-5-7-23-43-33-17-13-31(14-18-33)38-39(4,36-27-34(44-24-8-6-2)19-22-37(36)40-38)28-30-11-15-32(16-12-30)45-25-26-46-47(41,42)35-20-9-29(3)10-21-35/h9-22,27H,5-8,23-26,28H2,1-4H3. The maximum Gasteiger partial charge on any atom is 0.297 e. The van der Waals surface area contributed by atoms with E-state index in [9.17, 15) is 8.42 Å². The van der Waals surface area contributed by atoms with Crippen molar-refractivity contribution in [1.82, 2.24) is 0 Å². The van der Waals surface area contributed by atoms with E-state index < -0.39 is 15.5 Å². The number of unbranched alkanes of at least 4 members (excludes halogenated alkanes) is 2. The zero-order valence-corrected chi connectivity index (χ0v) is 28.6. The maximum absolute atomic E-state index is 12.5. The van der Waals surface area contributed by atoms with Gasteiger partial charge in [0.05, 0.1) is 29.5 Å². The average molecular weight is 656 g/mol. The number of rotatable bonds is 17. The molecule has 0 saturated heterocycles. The maximum atomic E-state index is 12.5. The van der Waals surface area contributed by atoms with Gasteiger partial charge in [-0.05, 0) is 117 Å². The minimum atomic E-state index is -3.84. The van der Waals surface area contributed by atoms with E-state index in [0.717, 1.165) is 70.8 Å². The lowest BCUT2D eigenvalue weighted by atomic mass is 9.73. The van der Waals surface area contributed by atoms with Crippen LogP contribution in [0.4, 0.5) is 5.69 Å². The van der Waals surface area contributed by atoms with E-state index in [-0.39, 0.29) is 18.1 Å². The molecular formula is C39H45NO6S. The highest BCUT2D eigenvalue weighted by molar-refractivity contribution is 7.86. The Hall–Kier alpha value is -4.14. The van der Waals surface area contributed by atoms with Gasteiger partial charge in [0.1, 0.15) is 30.5 Å². The van der Waals surface area contributed by atoms with E-state index in [2.05, 4.69) is 45.0 Å². The highest BCUT2D eigenvalue weighted by Crippen LogP contribution is 2.46. The zero-order valence-electron chi connectivity index (χ0n) is 27.8. The smallest absolute Gasteiger partial charge is 0.297 e. The van der Waals surface area contributed by atoms with Gasteiger partial charge in [-0.25, -0.2) is 0 Å². The van der Waals surface area contributed by atoms with Crippen LogP contribution in [0, 0.1) is 6.92 Å². The Morgan fingerprint density at radius 1 is 0.681 bits per heavy atom. The fraction of sp³-hybridized carbons (Fsp3) is 0.359. The van der Waals surface area contributed by atoms with Crippen LogP contribution in [0.5, 0.6) is 17.2 Å². The highest BCUT2D eigenvalue weighted by atomic mass is 32.2. The summed E-state index contributed by atoms with van der Waals surface area (Å²) in [6.45, 7) is 9.87. The number of hydrogen-bond acceptors (Lipinski definition) is 7. The Labute approximate surface area is 279 Å². The number of fused-ring (bicyclic) bond motifs is 1. The molecule has 1 unspecified atom stereocenters. The first-order valence-corrected chi connectivity index (χ1v) is 17.9. The fourth-order valence-electron chi connectivity index (χ4n) is 5.64. The molecule has 0 bridgehead atoms. The molecule has 0 aromatic heterocycles. The molecule has 0 saturated carbocycles. The molecule has 248 valence electrons. The summed E-state index contributed by atoms with van der Waals surface area (Å²) < 4.78 is 47.9. The quantitative estimate of drug-likeness (QED) is 0.0836.